The fourth-order valence-corrected chi connectivity index (χ4v) is 2.13. The second-order valence-corrected chi connectivity index (χ2v) is 4.93. The minimum absolute atomic E-state index is 0.352. The highest BCUT2D eigenvalue weighted by Crippen LogP contribution is 2.40. The third-order valence-corrected chi connectivity index (χ3v) is 3.62. The van der Waals surface area contributed by atoms with E-state index in [1.54, 1.807) is 0 Å². The first-order valence-electron chi connectivity index (χ1n) is 6.25. The summed E-state index contributed by atoms with van der Waals surface area (Å²) in [5.41, 5.74) is 1.46. The number of hydrogen-bond donors (Lipinski definition) is 0. The van der Waals surface area contributed by atoms with E-state index in [-0.39, 0.29) is 5.97 Å². The lowest BCUT2D eigenvalue weighted by atomic mass is 9.82. The van der Waals surface area contributed by atoms with Gasteiger partial charge >= 0.3 is 5.97 Å². The summed E-state index contributed by atoms with van der Waals surface area (Å²) in [7, 11) is 1.39. The number of carbonyl (C=O) groups excluding carboxylic acids is 1. The van der Waals surface area contributed by atoms with Crippen LogP contribution < -0.4 is 0 Å². The molecule has 90 valence electrons. The molecular weight excluding hydrogens is 216 g/mol. The number of aromatic nitrogens is 2. The van der Waals surface area contributed by atoms with Crippen molar-refractivity contribution in [3.8, 4) is 0 Å². The topological polar surface area (TPSA) is 52.1 Å². The van der Waals surface area contributed by atoms with Crippen LogP contribution in [0.2, 0.25) is 0 Å². The van der Waals surface area contributed by atoms with Gasteiger partial charge in [-0.2, -0.15) is 0 Å². The van der Waals surface area contributed by atoms with Gasteiger partial charge in [-0.25, -0.2) is 14.8 Å². The predicted octanol–water partition coefficient (Wildman–Crippen LogP) is 2.41. The molecule has 4 nitrogen and oxygen atoms in total. The maximum atomic E-state index is 11.6. The highest BCUT2D eigenvalue weighted by molar-refractivity contribution is 5.87. The molecule has 0 spiro atoms. The summed E-state index contributed by atoms with van der Waals surface area (Å²) >= 11 is 0. The van der Waals surface area contributed by atoms with Gasteiger partial charge in [0.1, 0.15) is 5.82 Å². The molecule has 1 aromatic rings. The van der Waals surface area contributed by atoms with Crippen LogP contribution in [-0.2, 0) is 4.74 Å². The van der Waals surface area contributed by atoms with Gasteiger partial charge in [0, 0.05) is 17.5 Å². The van der Waals surface area contributed by atoms with Gasteiger partial charge in [0.25, 0.3) is 0 Å². The van der Waals surface area contributed by atoms with E-state index in [4.69, 9.17) is 4.74 Å². The van der Waals surface area contributed by atoms with Gasteiger partial charge in [-0.3, -0.25) is 0 Å². The second-order valence-electron chi connectivity index (χ2n) is 4.93. The van der Waals surface area contributed by atoms with Gasteiger partial charge in [0.05, 0.1) is 7.11 Å². The van der Waals surface area contributed by atoms with E-state index in [0.717, 1.165) is 24.4 Å². The minimum atomic E-state index is -0.352. The van der Waals surface area contributed by atoms with Crippen LogP contribution in [0.15, 0.2) is 6.07 Å². The Balaban J connectivity index is 1.96. The SMILES string of the molecule is COC(=O)c1cc(C2CCC2)nc(C2CC2)n1. The van der Waals surface area contributed by atoms with Crippen LogP contribution in [0.1, 0.15) is 65.9 Å². The fourth-order valence-electron chi connectivity index (χ4n) is 2.13. The van der Waals surface area contributed by atoms with Crippen LogP contribution in [-0.4, -0.2) is 23.0 Å². The first-order valence-corrected chi connectivity index (χ1v) is 6.25. The summed E-state index contributed by atoms with van der Waals surface area (Å²) in [6.07, 6.45) is 5.92. The lowest BCUT2D eigenvalue weighted by molar-refractivity contribution is 0.0593. The highest BCUT2D eigenvalue weighted by Gasteiger charge is 2.30. The Morgan fingerprint density at radius 2 is 2.00 bits per heavy atom. The number of carbonyl (C=O) groups is 1. The van der Waals surface area contributed by atoms with Crippen LogP contribution >= 0.6 is 0 Å². The fraction of sp³-hybridized carbons (Fsp3) is 0.615. The second kappa shape index (κ2) is 4.09. The van der Waals surface area contributed by atoms with Gasteiger partial charge in [-0.05, 0) is 31.7 Å². The molecule has 2 fully saturated rings. The van der Waals surface area contributed by atoms with E-state index < -0.39 is 0 Å². The normalized spacial score (nSPS) is 19.8. The molecule has 0 atom stereocenters. The Morgan fingerprint density at radius 3 is 2.53 bits per heavy atom. The monoisotopic (exact) mass is 232 g/mol. The number of rotatable bonds is 3. The molecule has 17 heavy (non-hydrogen) atoms. The minimum Gasteiger partial charge on any atom is -0.464 e. The average Bonchev–Trinajstić information content (AvgIpc) is 3.09. The van der Waals surface area contributed by atoms with Crippen LogP contribution in [0.5, 0.6) is 0 Å². The summed E-state index contributed by atoms with van der Waals surface area (Å²) in [5, 5.41) is 0. The molecule has 0 aliphatic heterocycles. The van der Waals surface area contributed by atoms with Crippen molar-refractivity contribution in [2.45, 2.75) is 43.9 Å². The molecule has 1 heterocycles. The third kappa shape index (κ3) is 2.04. The van der Waals surface area contributed by atoms with Crippen LogP contribution in [0, 0.1) is 0 Å². The molecule has 4 heteroatoms. The van der Waals surface area contributed by atoms with Gasteiger partial charge < -0.3 is 4.74 Å². The molecule has 0 radical (unpaired) electrons. The van der Waals surface area contributed by atoms with Crippen molar-refractivity contribution >= 4 is 5.97 Å². The zero-order valence-electron chi connectivity index (χ0n) is 9.98. The smallest absolute Gasteiger partial charge is 0.356 e. The Labute approximate surface area is 100 Å². The van der Waals surface area contributed by atoms with Gasteiger partial charge in [0.2, 0.25) is 0 Å². The lowest BCUT2D eigenvalue weighted by Gasteiger charge is -2.25. The zero-order chi connectivity index (χ0) is 11.8. The molecule has 0 saturated heterocycles. The summed E-state index contributed by atoms with van der Waals surface area (Å²) in [6.45, 7) is 0. The van der Waals surface area contributed by atoms with Gasteiger partial charge in [-0.15, -0.1) is 0 Å². The molecule has 0 unspecified atom stereocenters. The van der Waals surface area contributed by atoms with E-state index in [1.165, 1.54) is 26.4 Å². The van der Waals surface area contributed by atoms with Crippen molar-refractivity contribution in [2.75, 3.05) is 7.11 Å². The molecule has 1 aromatic heterocycles. The van der Waals surface area contributed by atoms with Crippen molar-refractivity contribution in [2.24, 2.45) is 0 Å². The van der Waals surface area contributed by atoms with Crippen molar-refractivity contribution < 1.29 is 9.53 Å². The number of hydrogen-bond acceptors (Lipinski definition) is 4. The number of esters is 1. The first kappa shape index (κ1) is 10.7. The molecule has 0 amide bonds. The van der Waals surface area contributed by atoms with E-state index >= 15 is 0 Å². The first-order chi connectivity index (χ1) is 8.28. The lowest BCUT2D eigenvalue weighted by Crippen LogP contribution is -2.15. The number of methoxy groups -OCH3 is 1. The number of nitrogens with zero attached hydrogens (tertiary/aromatic N) is 2. The molecule has 2 saturated carbocycles. The summed E-state index contributed by atoms with van der Waals surface area (Å²) in [5.74, 6) is 1.49. The molecule has 2 aliphatic rings. The quantitative estimate of drug-likeness (QED) is 0.751. The standard InChI is InChI=1S/C13H16N2O2/c1-17-13(16)11-7-10(8-3-2-4-8)14-12(15-11)9-5-6-9/h7-9H,2-6H2,1H3. The Hall–Kier alpha value is -1.45. The molecular formula is C13H16N2O2. The van der Waals surface area contributed by atoms with E-state index in [9.17, 15) is 4.79 Å². The van der Waals surface area contributed by atoms with Gasteiger partial charge in [-0.1, -0.05) is 6.42 Å². The van der Waals surface area contributed by atoms with Crippen molar-refractivity contribution in [3.63, 3.8) is 0 Å². The molecule has 0 aromatic carbocycles. The van der Waals surface area contributed by atoms with E-state index in [1.807, 2.05) is 6.07 Å². The Kier molecular flexibility index (Phi) is 2.57. The Bertz CT molecular complexity index is 451. The Morgan fingerprint density at radius 1 is 1.24 bits per heavy atom. The average molecular weight is 232 g/mol. The predicted molar refractivity (Wildman–Crippen MR) is 61.9 cm³/mol. The molecule has 3 rings (SSSR count). The summed E-state index contributed by atoms with van der Waals surface area (Å²) < 4.78 is 4.75. The van der Waals surface area contributed by atoms with E-state index in [2.05, 4.69) is 9.97 Å². The largest absolute Gasteiger partial charge is 0.464 e. The zero-order valence-corrected chi connectivity index (χ0v) is 9.98. The maximum absolute atomic E-state index is 11.6. The van der Waals surface area contributed by atoms with E-state index in [0.29, 0.717) is 17.5 Å². The maximum Gasteiger partial charge on any atom is 0.356 e. The highest BCUT2D eigenvalue weighted by atomic mass is 16.5. The molecule has 0 bridgehead atoms. The van der Waals surface area contributed by atoms with Crippen molar-refractivity contribution in [3.05, 3.63) is 23.3 Å². The summed E-state index contributed by atoms with van der Waals surface area (Å²) in [4.78, 5) is 20.5. The van der Waals surface area contributed by atoms with Crippen LogP contribution in [0.3, 0.4) is 0 Å². The molecule has 0 N–H and O–H groups in total. The van der Waals surface area contributed by atoms with Crippen molar-refractivity contribution in [1.29, 1.82) is 0 Å². The third-order valence-electron chi connectivity index (χ3n) is 3.62. The van der Waals surface area contributed by atoms with Crippen molar-refractivity contribution in [1.82, 2.24) is 9.97 Å². The van der Waals surface area contributed by atoms with Crippen LogP contribution in [0.25, 0.3) is 0 Å². The van der Waals surface area contributed by atoms with Crippen LogP contribution in [0.4, 0.5) is 0 Å². The number of ether oxygens (including phenoxy) is 1. The molecule has 2 aliphatic carbocycles. The summed E-state index contributed by atoms with van der Waals surface area (Å²) in [6, 6.07) is 1.81. The van der Waals surface area contributed by atoms with Gasteiger partial charge in [0.15, 0.2) is 5.69 Å².